The topological polar surface area (TPSA) is 17.0 Å². The minimum absolute atomic E-state index is 1.02. The summed E-state index contributed by atoms with van der Waals surface area (Å²) in [5.41, 5.74) is 1.39. The van der Waals surface area contributed by atoms with Crippen LogP contribution in [0.15, 0.2) is 18.5 Å². The van der Waals surface area contributed by atoms with Crippen molar-refractivity contribution in [1.29, 1.82) is 0 Å². The summed E-state index contributed by atoms with van der Waals surface area (Å²) in [6.45, 7) is 2.19. The Kier molecular flexibility index (Phi) is 3.25. The zero-order valence-corrected chi connectivity index (χ0v) is 9.00. The van der Waals surface area contributed by atoms with E-state index in [0.717, 1.165) is 12.5 Å². The van der Waals surface area contributed by atoms with Crippen molar-refractivity contribution in [2.75, 3.05) is 6.54 Å². The lowest BCUT2D eigenvalue weighted by Gasteiger charge is -2.02. The van der Waals surface area contributed by atoms with Gasteiger partial charge in [-0.05, 0) is 36.9 Å². The smallest absolute Gasteiger partial charge is 0.0220 e. The Labute approximate surface area is 86.3 Å². The maximum Gasteiger partial charge on any atom is 0.0220 e. The monoisotopic (exact) mass is 192 g/mol. The number of aromatic nitrogens is 1. The lowest BCUT2D eigenvalue weighted by atomic mass is 10.2. The van der Waals surface area contributed by atoms with Gasteiger partial charge in [0.25, 0.3) is 0 Å². The molecule has 0 amide bonds. The van der Waals surface area contributed by atoms with E-state index in [-0.39, 0.29) is 0 Å². The Morgan fingerprint density at radius 3 is 3.00 bits per heavy atom. The van der Waals surface area contributed by atoms with Crippen LogP contribution in [0.5, 0.6) is 0 Å². The summed E-state index contributed by atoms with van der Waals surface area (Å²) in [4.78, 5) is 0. The van der Waals surface area contributed by atoms with E-state index in [4.69, 9.17) is 0 Å². The molecule has 0 spiro atoms. The van der Waals surface area contributed by atoms with E-state index < -0.39 is 0 Å². The van der Waals surface area contributed by atoms with Crippen LogP contribution in [0.4, 0.5) is 0 Å². The van der Waals surface area contributed by atoms with Crippen molar-refractivity contribution in [2.24, 2.45) is 13.0 Å². The van der Waals surface area contributed by atoms with Gasteiger partial charge in [-0.25, -0.2) is 0 Å². The molecule has 1 aromatic heterocycles. The standard InChI is InChI=1S/C12H20N2/c1-14-8-6-12(10-14)9-13-7-2-3-11-4-5-11/h6,8,10-11,13H,2-5,7,9H2,1H3. The predicted molar refractivity (Wildman–Crippen MR) is 59.1 cm³/mol. The molecule has 1 aromatic rings. The molecule has 1 N–H and O–H groups in total. The average molecular weight is 192 g/mol. The van der Waals surface area contributed by atoms with Crippen LogP contribution in [-0.4, -0.2) is 11.1 Å². The van der Waals surface area contributed by atoms with Crippen LogP contribution in [0, 0.1) is 5.92 Å². The fraction of sp³-hybridized carbons (Fsp3) is 0.667. The number of nitrogens with one attached hydrogen (secondary N) is 1. The van der Waals surface area contributed by atoms with Crippen LogP contribution in [0.3, 0.4) is 0 Å². The van der Waals surface area contributed by atoms with Crippen molar-refractivity contribution >= 4 is 0 Å². The van der Waals surface area contributed by atoms with Crippen LogP contribution in [0.25, 0.3) is 0 Å². The molecule has 0 aromatic carbocycles. The first-order valence-corrected chi connectivity index (χ1v) is 5.66. The van der Waals surface area contributed by atoms with Gasteiger partial charge < -0.3 is 9.88 Å². The SMILES string of the molecule is Cn1ccc(CNCCCC2CC2)c1. The molecule has 2 nitrogen and oxygen atoms in total. The van der Waals surface area contributed by atoms with Crippen molar-refractivity contribution < 1.29 is 0 Å². The summed E-state index contributed by atoms with van der Waals surface area (Å²) in [5.74, 6) is 1.08. The molecule has 2 rings (SSSR count). The quantitative estimate of drug-likeness (QED) is 0.684. The molecule has 0 saturated heterocycles. The number of rotatable bonds is 6. The molecule has 1 aliphatic rings. The van der Waals surface area contributed by atoms with Crippen LogP contribution in [0.1, 0.15) is 31.2 Å². The van der Waals surface area contributed by atoms with E-state index in [1.807, 2.05) is 0 Å². The number of hydrogen-bond acceptors (Lipinski definition) is 1. The van der Waals surface area contributed by atoms with E-state index in [1.54, 1.807) is 0 Å². The van der Waals surface area contributed by atoms with Crippen molar-refractivity contribution in [3.8, 4) is 0 Å². The molecular weight excluding hydrogens is 172 g/mol. The molecule has 78 valence electrons. The van der Waals surface area contributed by atoms with Crippen LogP contribution in [0.2, 0.25) is 0 Å². The molecule has 0 bridgehead atoms. The number of aryl methyl sites for hydroxylation is 1. The van der Waals surface area contributed by atoms with Gasteiger partial charge in [0.15, 0.2) is 0 Å². The minimum atomic E-state index is 1.02. The first kappa shape index (κ1) is 9.78. The Morgan fingerprint density at radius 2 is 2.36 bits per heavy atom. The molecule has 0 atom stereocenters. The van der Waals surface area contributed by atoms with Gasteiger partial charge in [0, 0.05) is 26.0 Å². The van der Waals surface area contributed by atoms with Crippen molar-refractivity contribution in [1.82, 2.24) is 9.88 Å². The summed E-state index contributed by atoms with van der Waals surface area (Å²) in [6, 6.07) is 2.17. The van der Waals surface area contributed by atoms with Gasteiger partial charge in [0.1, 0.15) is 0 Å². The lowest BCUT2D eigenvalue weighted by Crippen LogP contribution is -2.14. The highest BCUT2D eigenvalue weighted by atomic mass is 14.9. The van der Waals surface area contributed by atoms with Gasteiger partial charge in [-0.2, -0.15) is 0 Å². The van der Waals surface area contributed by atoms with E-state index in [0.29, 0.717) is 0 Å². The van der Waals surface area contributed by atoms with E-state index in [9.17, 15) is 0 Å². The zero-order valence-electron chi connectivity index (χ0n) is 9.00. The molecule has 0 radical (unpaired) electrons. The highest BCUT2D eigenvalue weighted by Gasteiger charge is 2.19. The first-order chi connectivity index (χ1) is 6.84. The molecule has 0 aliphatic heterocycles. The van der Waals surface area contributed by atoms with Crippen LogP contribution >= 0.6 is 0 Å². The van der Waals surface area contributed by atoms with Crippen molar-refractivity contribution in [2.45, 2.75) is 32.2 Å². The second-order valence-corrected chi connectivity index (χ2v) is 4.45. The maximum absolute atomic E-state index is 3.48. The molecule has 1 heterocycles. The maximum atomic E-state index is 3.48. The van der Waals surface area contributed by atoms with Crippen molar-refractivity contribution in [3.05, 3.63) is 24.0 Å². The molecule has 1 aliphatic carbocycles. The molecule has 2 heteroatoms. The summed E-state index contributed by atoms with van der Waals surface area (Å²) >= 11 is 0. The van der Waals surface area contributed by atoms with Gasteiger partial charge >= 0.3 is 0 Å². The highest BCUT2D eigenvalue weighted by molar-refractivity contribution is 5.09. The normalized spacial score (nSPS) is 16.1. The predicted octanol–water partition coefficient (Wildman–Crippen LogP) is 2.30. The Hall–Kier alpha value is -0.760. The fourth-order valence-corrected chi connectivity index (χ4v) is 1.82. The number of nitrogens with zero attached hydrogens (tertiary/aromatic N) is 1. The van der Waals surface area contributed by atoms with E-state index in [1.165, 1.54) is 37.8 Å². The number of hydrogen-bond donors (Lipinski definition) is 1. The average Bonchev–Trinajstić information content (AvgIpc) is 2.89. The Balaban J connectivity index is 1.53. The van der Waals surface area contributed by atoms with Gasteiger partial charge in [-0.1, -0.05) is 12.8 Å². The van der Waals surface area contributed by atoms with Gasteiger partial charge in [-0.15, -0.1) is 0 Å². The summed E-state index contributed by atoms with van der Waals surface area (Å²) in [6.07, 6.45) is 10.0. The zero-order chi connectivity index (χ0) is 9.80. The minimum Gasteiger partial charge on any atom is -0.357 e. The third-order valence-electron chi connectivity index (χ3n) is 2.89. The summed E-state index contributed by atoms with van der Waals surface area (Å²) in [5, 5.41) is 3.48. The fourth-order valence-electron chi connectivity index (χ4n) is 1.82. The van der Waals surface area contributed by atoms with E-state index in [2.05, 4.69) is 35.4 Å². The van der Waals surface area contributed by atoms with Crippen LogP contribution < -0.4 is 5.32 Å². The van der Waals surface area contributed by atoms with Crippen molar-refractivity contribution in [3.63, 3.8) is 0 Å². The van der Waals surface area contributed by atoms with Gasteiger partial charge in [0.05, 0.1) is 0 Å². The molecule has 14 heavy (non-hydrogen) atoms. The van der Waals surface area contributed by atoms with E-state index >= 15 is 0 Å². The van der Waals surface area contributed by atoms with Gasteiger partial charge in [-0.3, -0.25) is 0 Å². The Bertz CT molecular complexity index is 274. The molecule has 1 saturated carbocycles. The molecule has 0 unspecified atom stereocenters. The lowest BCUT2D eigenvalue weighted by molar-refractivity contribution is 0.593. The second-order valence-electron chi connectivity index (χ2n) is 4.45. The third kappa shape index (κ3) is 3.18. The first-order valence-electron chi connectivity index (χ1n) is 5.66. The largest absolute Gasteiger partial charge is 0.357 e. The molecule has 1 fully saturated rings. The molecular formula is C12H20N2. The Morgan fingerprint density at radius 1 is 1.50 bits per heavy atom. The summed E-state index contributed by atoms with van der Waals surface area (Å²) in [7, 11) is 2.07. The van der Waals surface area contributed by atoms with Gasteiger partial charge in [0.2, 0.25) is 0 Å². The highest BCUT2D eigenvalue weighted by Crippen LogP contribution is 2.33. The second kappa shape index (κ2) is 4.65. The van der Waals surface area contributed by atoms with Crippen LogP contribution in [-0.2, 0) is 13.6 Å². The summed E-state index contributed by atoms with van der Waals surface area (Å²) < 4.78 is 2.10. The third-order valence-corrected chi connectivity index (χ3v) is 2.89.